The smallest absolute Gasteiger partial charge is 0.254 e. The zero-order chi connectivity index (χ0) is 13.8. The number of ether oxygens (including phenoxy) is 1. The fourth-order valence-corrected chi connectivity index (χ4v) is 2.74. The maximum absolute atomic E-state index is 12.4. The summed E-state index contributed by atoms with van der Waals surface area (Å²) in [5.74, 6) is 0.349. The number of carbonyl (C=O) groups is 1. The lowest BCUT2D eigenvalue weighted by Gasteiger charge is -2.31. The van der Waals surface area contributed by atoms with E-state index in [0.717, 1.165) is 12.8 Å². The molecule has 19 heavy (non-hydrogen) atoms. The number of hydrogen-bond donors (Lipinski definition) is 0. The third-order valence-corrected chi connectivity index (χ3v) is 3.86. The van der Waals surface area contributed by atoms with E-state index in [-0.39, 0.29) is 11.1 Å². The molecule has 0 atom stereocenters. The van der Waals surface area contributed by atoms with Gasteiger partial charge in [-0.1, -0.05) is 30.9 Å². The van der Waals surface area contributed by atoms with E-state index in [1.807, 2.05) is 11.9 Å². The molecule has 0 N–H and O–H groups in total. The minimum atomic E-state index is -0.0190. The molecular formula is C14H19ClN2O2. The Morgan fingerprint density at radius 3 is 2.68 bits per heavy atom. The van der Waals surface area contributed by atoms with Gasteiger partial charge in [-0.2, -0.15) is 0 Å². The minimum Gasteiger partial charge on any atom is -0.481 e. The summed E-state index contributed by atoms with van der Waals surface area (Å²) >= 11 is 5.90. The molecule has 104 valence electrons. The lowest BCUT2D eigenvalue weighted by molar-refractivity contribution is 0.0695. The van der Waals surface area contributed by atoms with E-state index in [0.29, 0.717) is 17.5 Å². The fraction of sp³-hybridized carbons (Fsp3) is 0.571. The highest BCUT2D eigenvalue weighted by Gasteiger charge is 2.23. The van der Waals surface area contributed by atoms with Crippen LogP contribution in [0.15, 0.2) is 12.1 Å². The molecule has 0 aromatic carbocycles. The van der Waals surface area contributed by atoms with Gasteiger partial charge in [0.2, 0.25) is 5.88 Å². The highest BCUT2D eigenvalue weighted by Crippen LogP contribution is 2.24. The van der Waals surface area contributed by atoms with Gasteiger partial charge in [-0.05, 0) is 18.9 Å². The molecule has 0 saturated heterocycles. The lowest BCUT2D eigenvalue weighted by Crippen LogP contribution is -2.38. The molecule has 1 saturated carbocycles. The average Bonchev–Trinajstić information content (AvgIpc) is 2.46. The molecule has 1 aliphatic rings. The minimum absolute atomic E-state index is 0.0190. The van der Waals surface area contributed by atoms with Gasteiger partial charge in [-0.25, -0.2) is 4.98 Å². The number of methoxy groups -OCH3 is 1. The van der Waals surface area contributed by atoms with Crippen molar-refractivity contribution in [2.45, 2.75) is 38.1 Å². The normalized spacial score (nSPS) is 16.2. The van der Waals surface area contributed by atoms with Crippen LogP contribution in [0.4, 0.5) is 0 Å². The zero-order valence-corrected chi connectivity index (χ0v) is 12.1. The summed E-state index contributed by atoms with van der Waals surface area (Å²) in [7, 11) is 3.37. The third-order valence-electron chi connectivity index (χ3n) is 3.67. The molecule has 0 spiro atoms. The second-order valence-electron chi connectivity index (χ2n) is 4.93. The van der Waals surface area contributed by atoms with E-state index in [9.17, 15) is 4.79 Å². The molecule has 1 amide bonds. The number of carbonyl (C=O) groups excluding carboxylic acids is 1. The van der Waals surface area contributed by atoms with Gasteiger partial charge in [0.1, 0.15) is 5.15 Å². The summed E-state index contributed by atoms with van der Waals surface area (Å²) in [5, 5.41) is 0.278. The van der Waals surface area contributed by atoms with E-state index >= 15 is 0 Å². The van der Waals surface area contributed by atoms with Crippen LogP contribution >= 0.6 is 11.6 Å². The van der Waals surface area contributed by atoms with E-state index in [1.54, 1.807) is 12.1 Å². The topological polar surface area (TPSA) is 42.4 Å². The van der Waals surface area contributed by atoms with E-state index in [2.05, 4.69) is 4.98 Å². The largest absolute Gasteiger partial charge is 0.481 e. The van der Waals surface area contributed by atoms with Crippen LogP contribution in [0.3, 0.4) is 0 Å². The van der Waals surface area contributed by atoms with Gasteiger partial charge in [-0.15, -0.1) is 0 Å². The van der Waals surface area contributed by atoms with Crippen molar-refractivity contribution < 1.29 is 9.53 Å². The van der Waals surface area contributed by atoms with Crippen LogP contribution in [-0.2, 0) is 0 Å². The van der Waals surface area contributed by atoms with Crippen molar-refractivity contribution >= 4 is 17.5 Å². The van der Waals surface area contributed by atoms with Crippen LogP contribution in [-0.4, -0.2) is 36.0 Å². The molecule has 1 aromatic rings. The molecule has 1 aromatic heterocycles. The first-order valence-corrected chi connectivity index (χ1v) is 6.98. The monoisotopic (exact) mass is 282 g/mol. The predicted octanol–water partition coefficient (Wildman–Crippen LogP) is 3.15. The van der Waals surface area contributed by atoms with Crippen LogP contribution in [0.25, 0.3) is 0 Å². The first kappa shape index (κ1) is 14.1. The van der Waals surface area contributed by atoms with E-state index < -0.39 is 0 Å². The predicted molar refractivity (Wildman–Crippen MR) is 74.8 cm³/mol. The van der Waals surface area contributed by atoms with Crippen molar-refractivity contribution in [3.63, 3.8) is 0 Å². The molecule has 5 heteroatoms. The van der Waals surface area contributed by atoms with Crippen molar-refractivity contribution in [1.82, 2.24) is 9.88 Å². The molecule has 1 fully saturated rings. The number of nitrogens with zero attached hydrogens (tertiary/aromatic N) is 2. The summed E-state index contributed by atoms with van der Waals surface area (Å²) in [5.41, 5.74) is 0.532. The highest BCUT2D eigenvalue weighted by atomic mass is 35.5. The molecule has 0 unspecified atom stereocenters. The van der Waals surface area contributed by atoms with Crippen molar-refractivity contribution in [2.75, 3.05) is 14.2 Å². The Morgan fingerprint density at radius 1 is 1.37 bits per heavy atom. The van der Waals surface area contributed by atoms with Gasteiger partial charge in [0.15, 0.2) is 0 Å². The molecule has 1 heterocycles. The Balaban J connectivity index is 2.15. The number of pyridine rings is 1. The fourth-order valence-electron chi connectivity index (χ4n) is 2.54. The zero-order valence-electron chi connectivity index (χ0n) is 11.4. The van der Waals surface area contributed by atoms with Gasteiger partial charge >= 0.3 is 0 Å². The van der Waals surface area contributed by atoms with Crippen LogP contribution in [0, 0.1) is 0 Å². The molecular weight excluding hydrogens is 264 g/mol. The molecule has 0 radical (unpaired) electrons. The first-order chi connectivity index (χ1) is 9.11. The quantitative estimate of drug-likeness (QED) is 0.800. The summed E-state index contributed by atoms with van der Waals surface area (Å²) in [6.07, 6.45) is 5.83. The number of halogens is 1. The van der Waals surface area contributed by atoms with Crippen LogP contribution < -0.4 is 4.74 Å². The van der Waals surface area contributed by atoms with Gasteiger partial charge in [0, 0.05) is 24.7 Å². The molecule has 0 aliphatic heterocycles. The van der Waals surface area contributed by atoms with Gasteiger partial charge in [0.25, 0.3) is 5.91 Å². The Morgan fingerprint density at radius 2 is 2.05 bits per heavy atom. The Hall–Kier alpha value is -1.29. The van der Waals surface area contributed by atoms with Crippen LogP contribution in [0.2, 0.25) is 5.15 Å². The second kappa shape index (κ2) is 6.24. The van der Waals surface area contributed by atoms with Crippen molar-refractivity contribution in [1.29, 1.82) is 0 Å². The standard InChI is InChI=1S/C14H19ClN2O2/c1-17(11-6-4-3-5-7-11)14(18)10-8-12(15)16-13(9-10)19-2/h8-9,11H,3-7H2,1-2H3. The maximum atomic E-state index is 12.4. The number of rotatable bonds is 3. The number of aromatic nitrogens is 1. The van der Waals surface area contributed by atoms with E-state index in [1.165, 1.54) is 26.4 Å². The maximum Gasteiger partial charge on any atom is 0.254 e. The summed E-state index contributed by atoms with van der Waals surface area (Å²) in [4.78, 5) is 18.3. The molecule has 1 aliphatic carbocycles. The number of hydrogen-bond acceptors (Lipinski definition) is 3. The van der Waals surface area contributed by atoms with Crippen LogP contribution in [0.5, 0.6) is 5.88 Å². The second-order valence-corrected chi connectivity index (χ2v) is 5.32. The Labute approximate surface area is 118 Å². The summed E-state index contributed by atoms with van der Waals surface area (Å²) in [6, 6.07) is 3.55. The summed E-state index contributed by atoms with van der Waals surface area (Å²) < 4.78 is 5.04. The molecule has 0 bridgehead atoms. The average molecular weight is 283 g/mol. The van der Waals surface area contributed by atoms with Crippen molar-refractivity contribution in [3.8, 4) is 5.88 Å². The number of amides is 1. The Bertz CT molecular complexity index is 459. The Kier molecular flexibility index (Phi) is 4.64. The SMILES string of the molecule is COc1cc(C(=O)N(C)C2CCCCC2)cc(Cl)n1. The summed E-state index contributed by atoms with van der Waals surface area (Å²) in [6.45, 7) is 0. The van der Waals surface area contributed by atoms with Crippen molar-refractivity contribution in [3.05, 3.63) is 22.8 Å². The highest BCUT2D eigenvalue weighted by molar-refractivity contribution is 6.29. The third kappa shape index (κ3) is 3.38. The van der Waals surface area contributed by atoms with Gasteiger partial charge in [0.05, 0.1) is 7.11 Å². The van der Waals surface area contributed by atoms with Crippen molar-refractivity contribution in [2.24, 2.45) is 0 Å². The molecule has 2 rings (SSSR count). The lowest BCUT2D eigenvalue weighted by atomic mass is 9.94. The first-order valence-electron chi connectivity index (χ1n) is 6.60. The van der Waals surface area contributed by atoms with Crippen LogP contribution in [0.1, 0.15) is 42.5 Å². The van der Waals surface area contributed by atoms with Gasteiger partial charge in [-0.3, -0.25) is 4.79 Å². The van der Waals surface area contributed by atoms with Gasteiger partial charge < -0.3 is 9.64 Å². The van der Waals surface area contributed by atoms with E-state index in [4.69, 9.17) is 16.3 Å². The molecule has 4 nitrogen and oxygen atoms in total.